The van der Waals surface area contributed by atoms with E-state index >= 15 is 0 Å². The average molecular weight is 471 g/mol. The van der Waals surface area contributed by atoms with E-state index in [4.69, 9.17) is 0 Å². The quantitative estimate of drug-likeness (QED) is 0.715. The van der Waals surface area contributed by atoms with E-state index in [0.717, 1.165) is 38.8 Å². The molecule has 3 heterocycles. The maximum atomic E-state index is 13.0. The molecule has 1 aromatic carbocycles. The van der Waals surface area contributed by atoms with Crippen LogP contribution in [0.25, 0.3) is 0 Å². The lowest BCUT2D eigenvalue weighted by Gasteiger charge is -2.31. The van der Waals surface area contributed by atoms with Gasteiger partial charge < -0.3 is 10.2 Å². The number of rotatable bonds is 5. The number of nitrogens with one attached hydrogen (secondary N) is 1. The first-order valence-corrected chi connectivity index (χ1v) is 12.8. The monoisotopic (exact) mass is 470 g/mol. The van der Waals surface area contributed by atoms with Gasteiger partial charge in [0.05, 0.1) is 0 Å². The molecule has 1 unspecified atom stereocenters. The van der Waals surface area contributed by atoms with E-state index in [2.05, 4.69) is 17.4 Å². The highest BCUT2D eigenvalue weighted by Gasteiger charge is 2.32. The van der Waals surface area contributed by atoms with Crippen molar-refractivity contribution >= 4 is 28.5 Å². The van der Waals surface area contributed by atoms with Crippen LogP contribution in [0.5, 0.6) is 0 Å². The van der Waals surface area contributed by atoms with E-state index in [-0.39, 0.29) is 18.3 Å². The molecule has 3 fully saturated rings. The summed E-state index contributed by atoms with van der Waals surface area (Å²) in [6, 6.07) is 7.98. The molecule has 9 heteroatoms. The summed E-state index contributed by atoms with van der Waals surface area (Å²) in [4.78, 5) is 14.8. The number of piperidine rings is 1. The third-order valence-electron chi connectivity index (χ3n) is 6.60. The smallest absolute Gasteiger partial charge is 0.282 e. The maximum Gasteiger partial charge on any atom is 0.282 e. The van der Waals surface area contributed by atoms with Crippen molar-refractivity contribution in [1.29, 1.82) is 0 Å². The number of hydrogen-bond acceptors (Lipinski definition) is 4. The molecule has 1 amide bonds. The number of hydrogen-bond donors (Lipinski definition) is 1. The van der Waals surface area contributed by atoms with Crippen LogP contribution in [0.4, 0.5) is 0 Å². The SMILES string of the molecule is Cl.O=C(c1ccc(CC2CCNC2)cc1)N1CCCN(S(=O)(=O)N2CCCCC2)CC1. The Kier molecular flexibility index (Phi) is 8.75. The maximum absolute atomic E-state index is 13.0. The summed E-state index contributed by atoms with van der Waals surface area (Å²) < 4.78 is 29.1. The van der Waals surface area contributed by atoms with Crippen LogP contribution >= 0.6 is 12.4 Å². The molecule has 3 aliphatic rings. The van der Waals surface area contributed by atoms with Crippen molar-refractivity contribution in [2.75, 3.05) is 52.4 Å². The molecule has 3 saturated heterocycles. The summed E-state index contributed by atoms with van der Waals surface area (Å²) in [5.74, 6) is 0.686. The van der Waals surface area contributed by atoms with Gasteiger partial charge in [-0.05, 0) is 68.8 Å². The van der Waals surface area contributed by atoms with Crippen LogP contribution in [0, 0.1) is 5.92 Å². The van der Waals surface area contributed by atoms with Crippen molar-refractivity contribution in [3.8, 4) is 0 Å². The number of carbonyl (C=O) groups excluding carboxylic acids is 1. The Morgan fingerprint density at radius 1 is 0.903 bits per heavy atom. The molecule has 174 valence electrons. The highest BCUT2D eigenvalue weighted by Crippen LogP contribution is 2.20. The highest BCUT2D eigenvalue weighted by molar-refractivity contribution is 7.86. The fourth-order valence-corrected chi connectivity index (χ4v) is 6.49. The Morgan fingerprint density at radius 2 is 1.58 bits per heavy atom. The Morgan fingerprint density at radius 3 is 2.26 bits per heavy atom. The highest BCUT2D eigenvalue weighted by atomic mass is 35.5. The van der Waals surface area contributed by atoms with E-state index in [1.165, 1.54) is 12.0 Å². The second-order valence-electron chi connectivity index (χ2n) is 8.77. The van der Waals surface area contributed by atoms with Crippen LogP contribution in [-0.2, 0) is 16.6 Å². The minimum Gasteiger partial charge on any atom is -0.337 e. The zero-order chi connectivity index (χ0) is 21.0. The van der Waals surface area contributed by atoms with Gasteiger partial charge in [0.2, 0.25) is 0 Å². The van der Waals surface area contributed by atoms with Gasteiger partial charge in [-0.2, -0.15) is 17.0 Å². The molecule has 0 saturated carbocycles. The summed E-state index contributed by atoms with van der Waals surface area (Å²) in [6.45, 7) is 5.30. The van der Waals surface area contributed by atoms with Crippen LogP contribution in [0.15, 0.2) is 24.3 Å². The molecule has 0 spiro atoms. The van der Waals surface area contributed by atoms with Crippen molar-refractivity contribution in [3.63, 3.8) is 0 Å². The predicted molar refractivity (Wildman–Crippen MR) is 125 cm³/mol. The van der Waals surface area contributed by atoms with Crippen molar-refractivity contribution in [3.05, 3.63) is 35.4 Å². The third kappa shape index (κ3) is 5.99. The summed E-state index contributed by atoms with van der Waals surface area (Å²) in [5.41, 5.74) is 1.96. The van der Waals surface area contributed by atoms with Crippen molar-refractivity contribution in [2.45, 2.75) is 38.5 Å². The predicted octanol–water partition coefficient (Wildman–Crippen LogP) is 2.14. The number of benzene rings is 1. The summed E-state index contributed by atoms with van der Waals surface area (Å²) >= 11 is 0. The second-order valence-corrected chi connectivity index (χ2v) is 10.7. The fourth-order valence-electron chi connectivity index (χ4n) is 4.77. The molecule has 3 aliphatic heterocycles. The molecule has 0 radical (unpaired) electrons. The van der Waals surface area contributed by atoms with Crippen LogP contribution < -0.4 is 5.32 Å². The molecule has 0 aliphatic carbocycles. The average Bonchev–Trinajstić information content (AvgIpc) is 3.15. The zero-order valence-corrected chi connectivity index (χ0v) is 19.8. The van der Waals surface area contributed by atoms with Gasteiger partial charge in [0.15, 0.2) is 0 Å². The van der Waals surface area contributed by atoms with Gasteiger partial charge in [0.25, 0.3) is 16.1 Å². The lowest BCUT2D eigenvalue weighted by atomic mass is 9.98. The molecule has 0 bridgehead atoms. The number of nitrogens with zero attached hydrogens (tertiary/aromatic N) is 3. The van der Waals surface area contributed by atoms with E-state index < -0.39 is 10.2 Å². The Hall–Kier alpha value is -1.19. The Bertz CT molecular complexity index is 822. The van der Waals surface area contributed by atoms with Crippen LogP contribution in [0.1, 0.15) is 48.0 Å². The fraction of sp³-hybridized carbons (Fsp3) is 0.682. The second kappa shape index (κ2) is 11.1. The molecule has 4 rings (SSSR count). The van der Waals surface area contributed by atoms with Crippen molar-refractivity contribution < 1.29 is 13.2 Å². The summed E-state index contributed by atoms with van der Waals surface area (Å²) in [5, 5.41) is 3.40. The zero-order valence-electron chi connectivity index (χ0n) is 18.2. The van der Waals surface area contributed by atoms with E-state index in [9.17, 15) is 13.2 Å². The van der Waals surface area contributed by atoms with Gasteiger partial charge in [0.1, 0.15) is 0 Å². The molecular weight excluding hydrogens is 436 g/mol. The Balaban J connectivity index is 0.00000272. The first-order valence-electron chi connectivity index (χ1n) is 11.4. The van der Waals surface area contributed by atoms with E-state index in [1.54, 1.807) is 8.61 Å². The molecule has 0 aromatic heterocycles. The standard InChI is InChI=1S/C22H34N4O3S.ClH/c27-22(21-7-5-19(6-8-21)17-20-9-10-23-18-20)24-11-4-14-26(16-15-24)30(28,29)25-12-2-1-3-13-25;/h5-8,20,23H,1-4,9-18H2;1H. The molecule has 31 heavy (non-hydrogen) atoms. The van der Waals surface area contributed by atoms with E-state index in [1.807, 2.05) is 17.0 Å². The number of amides is 1. The summed E-state index contributed by atoms with van der Waals surface area (Å²) in [6.07, 6.45) is 5.91. The minimum absolute atomic E-state index is 0. The van der Waals surface area contributed by atoms with Gasteiger partial charge in [-0.25, -0.2) is 0 Å². The first kappa shape index (κ1) is 24.5. The lowest BCUT2D eigenvalue weighted by Crippen LogP contribution is -2.47. The van der Waals surface area contributed by atoms with Crippen LogP contribution in [0.2, 0.25) is 0 Å². The lowest BCUT2D eigenvalue weighted by molar-refractivity contribution is 0.0764. The van der Waals surface area contributed by atoms with Gasteiger partial charge in [-0.1, -0.05) is 18.6 Å². The van der Waals surface area contributed by atoms with Crippen molar-refractivity contribution in [1.82, 2.24) is 18.8 Å². The topological polar surface area (TPSA) is 73.0 Å². The first-order chi connectivity index (χ1) is 14.5. The molecule has 1 N–H and O–H groups in total. The molecule has 1 aromatic rings. The van der Waals surface area contributed by atoms with E-state index in [0.29, 0.717) is 57.2 Å². The molecular formula is C22H35ClN4O3S. The largest absolute Gasteiger partial charge is 0.337 e. The van der Waals surface area contributed by atoms with Crippen molar-refractivity contribution in [2.24, 2.45) is 5.92 Å². The van der Waals surface area contributed by atoms with Crippen LogP contribution in [0.3, 0.4) is 0 Å². The normalized spacial score (nSPS) is 23.9. The molecule has 7 nitrogen and oxygen atoms in total. The van der Waals surface area contributed by atoms with Gasteiger partial charge in [-0.15, -0.1) is 12.4 Å². The number of halogens is 1. The van der Waals surface area contributed by atoms with Gasteiger partial charge in [-0.3, -0.25) is 4.79 Å². The number of carbonyl (C=O) groups is 1. The van der Waals surface area contributed by atoms with Gasteiger partial charge >= 0.3 is 0 Å². The third-order valence-corrected chi connectivity index (χ3v) is 8.63. The summed E-state index contributed by atoms with van der Waals surface area (Å²) in [7, 11) is -3.42. The van der Waals surface area contributed by atoms with Crippen LogP contribution in [-0.4, -0.2) is 80.2 Å². The minimum atomic E-state index is -3.42. The molecule has 1 atom stereocenters. The Labute approximate surface area is 192 Å². The van der Waals surface area contributed by atoms with Gasteiger partial charge in [0, 0.05) is 44.8 Å².